The van der Waals surface area contributed by atoms with Crippen LogP contribution >= 0.6 is 0 Å². The van der Waals surface area contributed by atoms with Crippen LogP contribution in [0.25, 0.3) is 0 Å². The van der Waals surface area contributed by atoms with Crippen LogP contribution in [-0.2, 0) is 26.5 Å². The third kappa shape index (κ3) is 6.81. The summed E-state index contributed by atoms with van der Waals surface area (Å²) in [7, 11) is -1.00. The van der Waals surface area contributed by atoms with Gasteiger partial charge in [-0.15, -0.1) is 0 Å². The van der Waals surface area contributed by atoms with Crippen molar-refractivity contribution in [3.63, 3.8) is 0 Å². The number of likely N-dealkylation sites (tertiary alicyclic amines) is 1. The van der Waals surface area contributed by atoms with E-state index in [0.29, 0.717) is 46.9 Å². The first kappa shape index (κ1) is 38.7. The number of hydrogen-bond acceptors (Lipinski definition) is 9. The van der Waals surface area contributed by atoms with Gasteiger partial charge in [0.25, 0.3) is 17.5 Å². The average molecular weight is 778 g/mol. The second-order valence-electron chi connectivity index (χ2n) is 15.5. The van der Waals surface area contributed by atoms with E-state index >= 15 is 4.79 Å². The zero-order valence-corrected chi connectivity index (χ0v) is 32.9. The van der Waals surface area contributed by atoms with Crippen molar-refractivity contribution in [1.29, 1.82) is 0 Å². The zero-order chi connectivity index (χ0) is 39.9. The number of ether oxygens (including phenoxy) is 2. The Balaban J connectivity index is 1.25. The molecule has 0 aliphatic carbocycles. The molecule has 2 saturated heterocycles. The number of aliphatic hydroxyl groups is 1. The summed E-state index contributed by atoms with van der Waals surface area (Å²) < 4.78 is 12.5. The van der Waals surface area contributed by atoms with Crippen molar-refractivity contribution in [2.75, 3.05) is 36.2 Å². The fourth-order valence-corrected chi connectivity index (χ4v) is 13.1. The lowest BCUT2D eigenvalue weighted by Crippen LogP contribution is -2.52. The van der Waals surface area contributed by atoms with Crippen LogP contribution in [0.5, 0.6) is 5.75 Å². The highest BCUT2D eigenvalue weighted by atomic mass is 28.3. The number of carbonyl (C=O) groups excluding carboxylic acids is 3. The summed E-state index contributed by atoms with van der Waals surface area (Å²) in [6.07, 6.45) is 0.810. The van der Waals surface area contributed by atoms with Crippen LogP contribution in [0.4, 0.5) is 22.7 Å². The predicted octanol–water partition coefficient (Wildman–Crippen LogP) is 5.57. The topological polar surface area (TPSA) is 178 Å². The lowest BCUT2D eigenvalue weighted by Gasteiger charge is -2.37. The van der Waals surface area contributed by atoms with Crippen molar-refractivity contribution in [2.45, 2.75) is 69.1 Å². The Labute approximate surface area is 326 Å². The standard InChI is InChI=1S/C42H47N5O8Si/c1-26-39(56(3,4)34-18-16-33(54-2)17-19-34)37(23-38(49)45-21-5-6-32(45)25-48)55-42(26)35-22-31(47(52)53)15-20-36(35)46(41(42)51)24-27-7-13-30(14-8-27)44-40(50)28-9-11-29(43)12-10-28/h7-20,22,26,32,37,39,48H,5-6,21,23-25,43H2,1-4H3,(H,44,50)/t26-,32-,37+,39-,42+/m0/s1. The number of rotatable bonds is 11. The van der Waals surface area contributed by atoms with Gasteiger partial charge in [-0.3, -0.25) is 24.5 Å². The summed E-state index contributed by atoms with van der Waals surface area (Å²) in [6, 6.07) is 25.8. The number of nitro benzene ring substituents is 1. The predicted molar refractivity (Wildman–Crippen MR) is 216 cm³/mol. The summed E-state index contributed by atoms with van der Waals surface area (Å²) in [5.74, 6) is -0.569. The Morgan fingerprint density at radius 3 is 2.39 bits per heavy atom. The minimum Gasteiger partial charge on any atom is -0.497 e. The lowest BCUT2D eigenvalue weighted by atomic mass is 9.82. The summed E-state index contributed by atoms with van der Waals surface area (Å²) in [5.41, 5.74) is 6.96. The van der Waals surface area contributed by atoms with Gasteiger partial charge in [-0.05, 0) is 78.5 Å². The third-order valence-electron chi connectivity index (χ3n) is 12.0. The normalized spacial score (nSPS) is 23.1. The minimum atomic E-state index is -2.61. The van der Waals surface area contributed by atoms with Gasteiger partial charge in [0.05, 0.1) is 57.5 Å². The number of nitrogens with zero attached hydrogens (tertiary/aromatic N) is 3. The number of benzene rings is 4. The number of anilines is 3. The van der Waals surface area contributed by atoms with E-state index in [1.165, 1.54) is 12.1 Å². The molecule has 1 spiro atoms. The molecule has 0 aromatic heterocycles. The Bertz CT molecular complexity index is 2150. The van der Waals surface area contributed by atoms with E-state index in [1.54, 1.807) is 59.4 Å². The fraction of sp³-hybridized carbons (Fsp3) is 0.357. The molecule has 4 aromatic rings. The van der Waals surface area contributed by atoms with E-state index in [9.17, 15) is 24.8 Å². The maximum atomic E-state index is 15.2. The summed E-state index contributed by atoms with van der Waals surface area (Å²) in [4.78, 5) is 57.1. The van der Waals surface area contributed by atoms with Gasteiger partial charge in [0.15, 0.2) is 5.60 Å². The molecule has 7 rings (SSSR count). The number of nitrogen functional groups attached to an aromatic ring is 1. The molecule has 4 aromatic carbocycles. The van der Waals surface area contributed by atoms with Crippen molar-refractivity contribution in [1.82, 2.24) is 4.90 Å². The van der Waals surface area contributed by atoms with Gasteiger partial charge >= 0.3 is 0 Å². The van der Waals surface area contributed by atoms with E-state index in [2.05, 4.69) is 18.4 Å². The van der Waals surface area contributed by atoms with Gasteiger partial charge in [0.2, 0.25) is 5.91 Å². The van der Waals surface area contributed by atoms with Crippen molar-refractivity contribution in [3.8, 4) is 5.75 Å². The monoisotopic (exact) mass is 777 g/mol. The highest BCUT2D eigenvalue weighted by Crippen LogP contribution is 2.60. The van der Waals surface area contributed by atoms with Crippen molar-refractivity contribution >= 4 is 53.7 Å². The fourth-order valence-electron chi connectivity index (χ4n) is 9.13. The number of nitrogens with one attached hydrogen (secondary N) is 1. The highest BCUT2D eigenvalue weighted by molar-refractivity contribution is 6.91. The second-order valence-corrected chi connectivity index (χ2v) is 20.2. The van der Waals surface area contributed by atoms with E-state index in [0.717, 1.165) is 17.2 Å². The molecule has 3 aliphatic rings. The maximum absolute atomic E-state index is 15.2. The molecule has 3 heterocycles. The zero-order valence-electron chi connectivity index (χ0n) is 31.9. The molecule has 292 valence electrons. The van der Waals surface area contributed by atoms with Gasteiger partial charge < -0.3 is 35.4 Å². The molecular formula is C42H47N5O8Si. The minimum absolute atomic E-state index is 0.000923. The number of nitro groups is 1. The number of carbonyl (C=O) groups is 3. The molecule has 5 atom stereocenters. The molecule has 3 amide bonds. The van der Waals surface area contributed by atoms with Gasteiger partial charge in [0.1, 0.15) is 5.75 Å². The van der Waals surface area contributed by atoms with Crippen molar-refractivity contribution < 1.29 is 33.9 Å². The average Bonchev–Trinajstić information content (AvgIpc) is 3.86. The summed E-state index contributed by atoms with van der Waals surface area (Å²) in [5, 5.41) is 26.2. The smallest absolute Gasteiger partial charge is 0.269 e. The number of amides is 3. The van der Waals surface area contributed by atoms with Gasteiger partial charge in [-0.25, -0.2) is 0 Å². The summed E-state index contributed by atoms with van der Waals surface area (Å²) >= 11 is 0. The Kier molecular flexibility index (Phi) is 10.5. The van der Waals surface area contributed by atoms with Crippen LogP contribution in [0.1, 0.15) is 47.7 Å². The molecule has 0 saturated carbocycles. The Hall–Kier alpha value is -5.57. The SMILES string of the molecule is COc1ccc([Si](C)(C)[C@@H]2[C@@H](CC(=O)N3CCC[C@H]3CO)O[C@]3(C(=O)N(Cc4ccc(NC(=O)c5ccc(N)cc5)cc4)c4ccc([N+](=O)[O-])cc43)[C@H]2C)cc1. The largest absolute Gasteiger partial charge is 0.497 e. The number of fused-ring (bicyclic) bond motifs is 2. The Morgan fingerprint density at radius 1 is 1.05 bits per heavy atom. The maximum Gasteiger partial charge on any atom is 0.269 e. The first-order valence-electron chi connectivity index (χ1n) is 18.9. The van der Waals surface area contributed by atoms with Crippen LogP contribution < -0.4 is 25.9 Å². The number of nitrogens with two attached hydrogens (primary N) is 1. The molecule has 0 unspecified atom stereocenters. The quantitative estimate of drug-likeness (QED) is 0.0760. The Morgan fingerprint density at radius 2 is 1.75 bits per heavy atom. The molecule has 14 heteroatoms. The molecule has 0 bridgehead atoms. The molecule has 56 heavy (non-hydrogen) atoms. The van der Waals surface area contributed by atoms with Gasteiger partial charge in [0, 0.05) is 47.1 Å². The second kappa shape index (κ2) is 15.2. The molecule has 4 N–H and O–H groups in total. The van der Waals surface area contributed by atoms with Crippen molar-refractivity contribution in [3.05, 3.63) is 118 Å². The van der Waals surface area contributed by atoms with Crippen molar-refractivity contribution in [2.24, 2.45) is 5.92 Å². The first-order valence-corrected chi connectivity index (χ1v) is 22.0. The molecular weight excluding hydrogens is 731 g/mol. The van der Waals surface area contributed by atoms with Crippen LogP contribution in [0.15, 0.2) is 91.0 Å². The van der Waals surface area contributed by atoms with E-state index < -0.39 is 30.6 Å². The number of hydrogen-bond donors (Lipinski definition) is 3. The molecule has 3 aliphatic heterocycles. The number of aliphatic hydroxyl groups excluding tert-OH is 1. The number of non-ortho nitro benzene ring substituents is 1. The third-order valence-corrected chi connectivity index (χ3v) is 16.4. The summed E-state index contributed by atoms with van der Waals surface area (Å²) in [6.45, 7) is 6.93. The van der Waals surface area contributed by atoms with Crippen LogP contribution in [0.2, 0.25) is 18.6 Å². The molecule has 0 radical (unpaired) electrons. The van der Waals surface area contributed by atoms with Gasteiger partial charge in [-0.1, -0.05) is 49.5 Å². The lowest BCUT2D eigenvalue weighted by molar-refractivity contribution is -0.385. The van der Waals surface area contributed by atoms with E-state index in [-0.39, 0.29) is 54.6 Å². The van der Waals surface area contributed by atoms with Crippen LogP contribution in [-0.4, -0.2) is 73.1 Å². The van der Waals surface area contributed by atoms with Crippen LogP contribution in [0, 0.1) is 16.0 Å². The first-order chi connectivity index (χ1) is 26.8. The van der Waals surface area contributed by atoms with Gasteiger partial charge in [-0.2, -0.15) is 0 Å². The number of methoxy groups -OCH3 is 1. The van der Waals surface area contributed by atoms with E-state index in [4.69, 9.17) is 15.2 Å². The molecule has 13 nitrogen and oxygen atoms in total. The van der Waals surface area contributed by atoms with Crippen LogP contribution in [0.3, 0.4) is 0 Å². The molecule has 2 fully saturated rings. The highest BCUT2D eigenvalue weighted by Gasteiger charge is 2.67. The van der Waals surface area contributed by atoms with E-state index in [1.807, 2.05) is 43.3 Å².